The van der Waals surface area contributed by atoms with Gasteiger partial charge in [0.15, 0.2) is 12.4 Å². The Hall–Kier alpha value is -2.08. The first-order valence-electron chi connectivity index (χ1n) is 21.1. The van der Waals surface area contributed by atoms with Gasteiger partial charge in [-0.1, -0.05) is 147 Å². The number of hydrogen-bond acceptors (Lipinski definition) is 10. The maximum Gasteiger partial charge on any atom is 0.306 e. The maximum absolute atomic E-state index is 12.7. The second-order valence-corrected chi connectivity index (χ2v) is 14.4. The third-order valence-corrected chi connectivity index (χ3v) is 9.54. The zero-order valence-corrected chi connectivity index (χ0v) is 33.3. The van der Waals surface area contributed by atoms with Crippen LogP contribution in [0.1, 0.15) is 168 Å². The topological polar surface area (TPSA) is 152 Å². The first-order valence-corrected chi connectivity index (χ1v) is 21.1. The summed E-state index contributed by atoms with van der Waals surface area (Å²) in [6, 6.07) is 0. The van der Waals surface area contributed by atoms with Crippen molar-refractivity contribution in [1.29, 1.82) is 0 Å². The average molecular weight is 753 g/mol. The predicted octanol–water partition coefficient (Wildman–Crippen LogP) is 8.33. The zero-order valence-electron chi connectivity index (χ0n) is 33.3. The second-order valence-electron chi connectivity index (χ2n) is 14.4. The molecule has 1 saturated heterocycles. The van der Waals surface area contributed by atoms with Gasteiger partial charge in [-0.25, -0.2) is 0 Å². The zero-order chi connectivity index (χ0) is 38.8. The summed E-state index contributed by atoms with van der Waals surface area (Å²) >= 11 is 0. The van der Waals surface area contributed by atoms with Gasteiger partial charge in [-0.05, 0) is 44.9 Å². The minimum absolute atomic E-state index is 0.211. The van der Waals surface area contributed by atoms with Gasteiger partial charge in [-0.2, -0.15) is 0 Å². The number of carbonyl (C=O) groups is 2. The van der Waals surface area contributed by atoms with Crippen molar-refractivity contribution in [3.63, 3.8) is 0 Å². The largest absolute Gasteiger partial charge is 0.462 e. The standard InChI is InChI=1S/C43H76O10/c1-3-5-7-9-11-13-15-17-18-20-22-24-26-28-30-32-39(46)52-36(35-51-43-42(49)41(48)40(47)37(33-44)53-43)34-50-38(45)31-29-27-25-23-21-19-16-14-12-10-8-6-4-2/h5,7,11,13,17-18,36-37,40-44,47-49H,3-4,6,8-10,12,14-16,19-35H2,1-2H3/b7-5+,13-11+,18-17+/t36-,37-,40+,41+,42-,43-/m1/s1. The smallest absolute Gasteiger partial charge is 0.306 e. The molecule has 0 saturated carbocycles. The molecule has 0 unspecified atom stereocenters. The number of carbonyl (C=O) groups excluding carboxylic acids is 2. The molecule has 1 rings (SSSR count). The Balaban J connectivity index is 2.37. The minimum atomic E-state index is -1.60. The Morgan fingerprint density at radius 3 is 1.68 bits per heavy atom. The van der Waals surface area contributed by atoms with Gasteiger partial charge < -0.3 is 39.4 Å². The maximum atomic E-state index is 12.7. The molecule has 4 N–H and O–H groups in total. The highest BCUT2D eigenvalue weighted by Gasteiger charge is 2.44. The van der Waals surface area contributed by atoms with Crippen molar-refractivity contribution < 1.29 is 49.0 Å². The van der Waals surface area contributed by atoms with E-state index >= 15 is 0 Å². The molecule has 0 spiro atoms. The summed E-state index contributed by atoms with van der Waals surface area (Å²) in [4.78, 5) is 25.2. The van der Waals surface area contributed by atoms with Gasteiger partial charge in [0.25, 0.3) is 0 Å². The predicted molar refractivity (Wildman–Crippen MR) is 210 cm³/mol. The van der Waals surface area contributed by atoms with Crippen LogP contribution in [0.15, 0.2) is 36.5 Å². The highest BCUT2D eigenvalue weighted by Crippen LogP contribution is 2.22. The van der Waals surface area contributed by atoms with Crippen LogP contribution in [0, 0.1) is 0 Å². The van der Waals surface area contributed by atoms with Crippen molar-refractivity contribution in [2.75, 3.05) is 19.8 Å². The molecule has 0 aromatic rings. The Labute approximate surface area is 321 Å². The van der Waals surface area contributed by atoms with E-state index < -0.39 is 49.4 Å². The molecule has 53 heavy (non-hydrogen) atoms. The van der Waals surface area contributed by atoms with Crippen LogP contribution in [0.2, 0.25) is 0 Å². The molecule has 308 valence electrons. The van der Waals surface area contributed by atoms with Crippen molar-refractivity contribution in [2.24, 2.45) is 0 Å². The van der Waals surface area contributed by atoms with Crippen LogP contribution in [0.3, 0.4) is 0 Å². The number of allylic oxidation sites excluding steroid dienone is 6. The molecule has 1 aliphatic heterocycles. The van der Waals surface area contributed by atoms with Gasteiger partial charge in [0.2, 0.25) is 0 Å². The van der Waals surface area contributed by atoms with Crippen LogP contribution < -0.4 is 0 Å². The molecule has 0 bridgehead atoms. The molecule has 10 heteroatoms. The first-order chi connectivity index (χ1) is 25.8. The Morgan fingerprint density at radius 2 is 1.11 bits per heavy atom. The van der Waals surface area contributed by atoms with Crippen LogP contribution in [-0.2, 0) is 28.5 Å². The summed E-state index contributed by atoms with van der Waals surface area (Å²) in [5.74, 6) is -0.825. The summed E-state index contributed by atoms with van der Waals surface area (Å²) in [5, 5.41) is 40.0. The lowest BCUT2D eigenvalue weighted by molar-refractivity contribution is -0.305. The van der Waals surface area contributed by atoms with Crippen molar-refractivity contribution in [3.8, 4) is 0 Å². The number of ether oxygens (including phenoxy) is 4. The summed E-state index contributed by atoms with van der Waals surface area (Å²) in [5.41, 5.74) is 0. The molecule has 0 aromatic carbocycles. The fourth-order valence-corrected chi connectivity index (χ4v) is 6.20. The lowest BCUT2D eigenvalue weighted by atomic mass is 9.99. The van der Waals surface area contributed by atoms with Crippen LogP contribution in [0.25, 0.3) is 0 Å². The highest BCUT2D eigenvalue weighted by atomic mass is 16.7. The molecule has 6 atom stereocenters. The summed E-state index contributed by atoms with van der Waals surface area (Å²) in [6.45, 7) is 3.28. The van der Waals surface area contributed by atoms with Gasteiger partial charge in [0.05, 0.1) is 13.2 Å². The number of hydrogen-bond donors (Lipinski definition) is 4. The van der Waals surface area contributed by atoms with Crippen molar-refractivity contribution in [2.45, 2.75) is 205 Å². The van der Waals surface area contributed by atoms with Crippen molar-refractivity contribution in [1.82, 2.24) is 0 Å². The number of esters is 2. The molecule has 10 nitrogen and oxygen atoms in total. The van der Waals surface area contributed by atoms with Crippen molar-refractivity contribution >= 4 is 11.9 Å². The molecular weight excluding hydrogens is 676 g/mol. The third kappa shape index (κ3) is 26.4. The van der Waals surface area contributed by atoms with E-state index in [4.69, 9.17) is 18.9 Å². The third-order valence-electron chi connectivity index (χ3n) is 9.54. The number of aliphatic hydroxyl groups excluding tert-OH is 4. The molecule has 0 aliphatic carbocycles. The number of unbranched alkanes of at least 4 members (excludes halogenated alkanes) is 17. The number of aliphatic hydroxyl groups is 4. The fourth-order valence-electron chi connectivity index (χ4n) is 6.20. The first kappa shape index (κ1) is 48.9. The van der Waals surface area contributed by atoms with Gasteiger partial charge in [-0.3, -0.25) is 9.59 Å². The summed E-state index contributed by atoms with van der Waals surface area (Å²) in [6.07, 6.45) is 30.1. The van der Waals surface area contributed by atoms with E-state index in [-0.39, 0.29) is 32.0 Å². The van der Waals surface area contributed by atoms with E-state index in [1.165, 1.54) is 64.2 Å². The molecule has 0 aromatic heterocycles. The van der Waals surface area contributed by atoms with Gasteiger partial charge in [-0.15, -0.1) is 0 Å². The normalized spacial score (nSPS) is 21.2. The quantitative estimate of drug-likeness (QED) is 0.0287. The van der Waals surface area contributed by atoms with Crippen LogP contribution in [-0.4, -0.2) is 89.0 Å². The lowest BCUT2D eigenvalue weighted by Gasteiger charge is -2.39. The molecule has 0 amide bonds. The molecule has 1 aliphatic rings. The minimum Gasteiger partial charge on any atom is -0.462 e. The van der Waals surface area contributed by atoms with Crippen LogP contribution in [0.5, 0.6) is 0 Å². The SMILES string of the molecule is CC/C=C/C/C=C/C/C=C/CCCCCCCC(=O)O[C@H](COC(=O)CCCCCCCCCCCCCCC)CO[C@@H]1O[C@H](CO)[C@H](O)[C@H](O)[C@H]1O. The lowest BCUT2D eigenvalue weighted by Crippen LogP contribution is -2.59. The van der Waals surface area contributed by atoms with E-state index in [2.05, 4.69) is 50.3 Å². The molecule has 1 heterocycles. The second kappa shape index (κ2) is 34.4. The van der Waals surface area contributed by atoms with Gasteiger partial charge >= 0.3 is 11.9 Å². The van der Waals surface area contributed by atoms with Gasteiger partial charge in [0, 0.05) is 12.8 Å². The van der Waals surface area contributed by atoms with E-state index in [9.17, 15) is 30.0 Å². The fraction of sp³-hybridized carbons (Fsp3) is 0.814. The monoisotopic (exact) mass is 753 g/mol. The van der Waals surface area contributed by atoms with E-state index in [1.54, 1.807) is 0 Å². The van der Waals surface area contributed by atoms with Crippen LogP contribution in [0.4, 0.5) is 0 Å². The van der Waals surface area contributed by atoms with E-state index in [0.29, 0.717) is 6.42 Å². The van der Waals surface area contributed by atoms with E-state index in [0.717, 1.165) is 70.6 Å². The Bertz CT molecular complexity index is 965. The summed E-state index contributed by atoms with van der Waals surface area (Å²) in [7, 11) is 0. The Morgan fingerprint density at radius 1 is 0.604 bits per heavy atom. The number of rotatable bonds is 34. The van der Waals surface area contributed by atoms with Crippen LogP contribution >= 0.6 is 0 Å². The van der Waals surface area contributed by atoms with E-state index in [1.807, 2.05) is 0 Å². The summed E-state index contributed by atoms with van der Waals surface area (Å²) < 4.78 is 22.1. The Kier molecular flexibility index (Phi) is 31.8. The van der Waals surface area contributed by atoms with Gasteiger partial charge in [0.1, 0.15) is 31.0 Å². The highest BCUT2D eigenvalue weighted by molar-refractivity contribution is 5.70. The average Bonchev–Trinajstić information content (AvgIpc) is 3.15. The molecule has 0 radical (unpaired) electrons. The van der Waals surface area contributed by atoms with Crippen molar-refractivity contribution in [3.05, 3.63) is 36.5 Å². The molecular formula is C43H76O10. The molecule has 1 fully saturated rings.